The molecule has 2 aliphatic rings. The Morgan fingerprint density at radius 3 is 2.10 bits per heavy atom. The molecule has 166 valence electrons. The minimum Gasteiger partial charge on any atom is -0.319 e. The lowest BCUT2D eigenvalue weighted by atomic mass is 9.70. The lowest BCUT2D eigenvalue weighted by molar-refractivity contribution is -0.135. The Balaban J connectivity index is 1.93. The summed E-state index contributed by atoms with van der Waals surface area (Å²) in [5.74, 6) is 1.04. The minimum atomic E-state index is -0.924. The van der Waals surface area contributed by atoms with Gasteiger partial charge in [0.15, 0.2) is 0 Å². The van der Waals surface area contributed by atoms with Gasteiger partial charge in [0, 0.05) is 13.1 Å². The molecule has 1 atom stereocenters. The van der Waals surface area contributed by atoms with Crippen LogP contribution in [0.4, 0.5) is 4.79 Å². The molecule has 1 saturated carbocycles. The number of nitrogens with one attached hydrogen (secondary N) is 1. The highest BCUT2D eigenvalue weighted by atomic mass is 16.2. The molecule has 3 rings (SSSR count). The van der Waals surface area contributed by atoms with Crippen LogP contribution in [0, 0.1) is 24.7 Å². The molecule has 30 heavy (non-hydrogen) atoms. The molecule has 1 aromatic carbocycles. The lowest BCUT2D eigenvalue weighted by Gasteiger charge is -2.38. The van der Waals surface area contributed by atoms with Crippen molar-refractivity contribution in [1.82, 2.24) is 15.1 Å². The van der Waals surface area contributed by atoms with Crippen LogP contribution >= 0.6 is 0 Å². The molecule has 0 aromatic heterocycles. The minimum absolute atomic E-state index is 0.0687. The van der Waals surface area contributed by atoms with Gasteiger partial charge in [0.25, 0.3) is 5.91 Å². The first-order chi connectivity index (χ1) is 14.2. The van der Waals surface area contributed by atoms with E-state index in [-0.39, 0.29) is 17.9 Å². The van der Waals surface area contributed by atoms with Gasteiger partial charge in [0.1, 0.15) is 5.54 Å². The van der Waals surface area contributed by atoms with E-state index < -0.39 is 5.54 Å². The maximum absolute atomic E-state index is 13.9. The van der Waals surface area contributed by atoms with Gasteiger partial charge >= 0.3 is 6.03 Å². The van der Waals surface area contributed by atoms with Crippen molar-refractivity contribution in [3.05, 3.63) is 35.4 Å². The normalized spacial score (nSPS) is 23.1. The standard InChI is InChI=1S/C25H39N3O2/c1-18(2)15-27(16-19(3)4)17-28-23(29)25(26-24(28)30,21-9-7-6-8-10-21)22-13-11-20(5)12-14-22/h11-14,18-19,21H,6-10,15-17H2,1-5H3,(H,26,30). The monoisotopic (exact) mass is 413 g/mol. The SMILES string of the molecule is Cc1ccc(C2(C3CCCCC3)NC(=O)N(CN(CC(C)C)CC(C)C)C2=O)cc1. The number of aryl methyl sites for hydroxylation is 1. The van der Waals surface area contributed by atoms with Crippen molar-refractivity contribution >= 4 is 11.9 Å². The number of amides is 3. The zero-order chi connectivity index (χ0) is 21.9. The summed E-state index contributed by atoms with van der Waals surface area (Å²) >= 11 is 0. The average molecular weight is 414 g/mol. The van der Waals surface area contributed by atoms with Gasteiger partial charge in [0.2, 0.25) is 0 Å². The fourth-order valence-corrected chi connectivity index (χ4v) is 5.21. The number of hydrogen-bond acceptors (Lipinski definition) is 3. The molecule has 1 aliphatic heterocycles. The number of carbonyl (C=O) groups excluding carboxylic acids is 2. The van der Waals surface area contributed by atoms with Crippen molar-refractivity contribution in [3.8, 4) is 0 Å². The van der Waals surface area contributed by atoms with Crippen LogP contribution in [-0.2, 0) is 10.3 Å². The van der Waals surface area contributed by atoms with Crippen molar-refractivity contribution in [3.63, 3.8) is 0 Å². The molecule has 0 spiro atoms. The van der Waals surface area contributed by atoms with E-state index >= 15 is 0 Å². The topological polar surface area (TPSA) is 52.7 Å². The molecule has 3 amide bonds. The Kier molecular flexibility index (Phi) is 7.22. The highest BCUT2D eigenvalue weighted by Gasteiger charge is 2.56. The van der Waals surface area contributed by atoms with Gasteiger partial charge in [-0.2, -0.15) is 0 Å². The Morgan fingerprint density at radius 1 is 1.00 bits per heavy atom. The number of urea groups is 1. The van der Waals surface area contributed by atoms with Crippen molar-refractivity contribution in [2.75, 3.05) is 19.8 Å². The summed E-state index contributed by atoms with van der Waals surface area (Å²) in [6.45, 7) is 12.9. The van der Waals surface area contributed by atoms with Crippen LogP contribution in [0.1, 0.15) is 70.9 Å². The first kappa shape index (κ1) is 22.8. The van der Waals surface area contributed by atoms with Gasteiger partial charge in [0.05, 0.1) is 6.67 Å². The van der Waals surface area contributed by atoms with Gasteiger partial charge in [-0.15, -0.1) is 0 Å². The van der Waals surface area contributed by atoms with E-state index in [1.54, 1.807) is 0 Å². The number of carbonyl (C=O) groups is 2. The first-order valence-electron chi connectivity index (χ1n) is 11.7. The summed E-state index contributed by atoms with van der Waals surface area (Å²) < 4.78 is 0. The molecule has 2 fully saturated rings. The van der Waals surface area contributed by atoms with Crippen LogP contribution in [-0.4, -0.2) is 41.5 Å². The van der Waals surface area contributed by atoms with Crippen molar-refractivity contribution in [2.24, 2.45) is 17.8 Å². The van der Waals surface area contributed by atoms with Crippen LogP contribution in [0.2, 0.25) is 0 Å². The molecule has 1 saturated heterocycles. The smallest absolute Gasteiger partial charge is 0.319 e. The van der Waals surface area contributed by atoms with E-state index in [1.807, 2.05) is 31.2 Å². The van der Waals surface area contributed by atoms with Crippen molar-refractivity contribution < 1.29 is 9.59 Å². The Morgan fingerprint density at radius 2 is 1.57 bits per heavy atom. The highest BCUT2D eigenvalue weighted by Crippen LogP contribution is 2.43. The number of imide groups is 1. The van der Waals surface area contributed by atoms with Gasteiger partial charge in [-0.05, 0) is 43.1 Å². The Bertz CT molecular complexity index is 727. The third kappa shape index (κ3) is 4.72. The molecule has 1 aliphatic carbocycles. The first-order valence-corrected chi connectivity index (χ1v) is 11.7. The second-order valence-corrected chi connectivity index (χ2v) is 10.1. The van der Waals surface area contributed by atoms with Crippen LogP contribution in [0.5, 0.6) is 0 Å². The van der Waals surface area contributed by atoms with Gasteiger partial charge < -0.3 is 5.32 Å². The number of nitrogens with zero attached hydrogens (tertiary/aromatic N) is 2. The number of hydrogen-bond donors (Lipinski definition) is 1. The third-order valence-corrected chi connectivity index (χ3v) is 6.44. The van der Waals surface area contributed by atoms with Crippen LogP contribution in [0.3, 0.4) is 0 Å². The highest BCUT2D eigenvalue weighted by molar-refractivity contribution is 6.07. The number of benzene rings is 1. The van der Waals surface area contributed by atoms with Crippen LogP contribution in [0.25, 0.3) is 0 Å². The second-order valence-electron chi connectivity index (χ2n) is 10.1. The molecule has 5 nitrogen and oxygen atoms in total. The quantitative estimate of drug-likeness (QED) is 0.617. The maximum Gasteiger partial charge on any atom is 0.326 e. The van der Waals surface area contributed by atoms with Crippen LogP contribution < -0.4 is 5.32 Å². The van der Waals surface area contributed by atoms with E-state index in [9.17, 15) is 9.59 Å². The average Bonchev–Trinajstić information content (AvgIpc) is 2.94. The zero-order valence-corrected chi connectivity index (χ0v) is 19.4. The fraction of sp³-hybridized carbons (Fsp3) is 0.680. The molecule has 1 aromatic rings. The van der Waals surface area contributed by atoms with Crippen molar-refractivity contribution in [1.29, 1.82) is 0 Å². The largest absolute Gasteiger partial charge is 0.326 e. The summed E-state index contributed by atoms with van der Waals surface area (Å²) in [6, 6.07) is 7.92. The molecular weight excluding hydrogens is 374 g/mol. The molecule has 1 N–H and O–H groups in total. The molecule has 5 heteroatoms. The van der Waals surface area contributed by atoms with Gasteiger partial charge in [-0.25, -0.2) is 9.69 Å². The Labute approximate surface area is 182 Å². The predicted octanol–water partition coefficient (Wildman–Crippen LogP) is 4.89. The Hall–Kier alpha value is -1.88. The molecule has 1 heterocycles. The zero-order valence-electron chi connectivity index (χ0n) is 19.4. The predicted molar refractivity (Wildman–Crippen MR) is 121 cm³/mol. The van der Waals surface area contributed by atoms with E-state index in [1.165, 1.54) is 11.3 Å². The third-order valence-electron chi connectivity index (χ3n) is 6.44. The number of rotatable bonds is 8. The lowest BCUT2D eigenvalue weighted by Crippen LogP contribution is -2.51. The van der Waals surface area contributed by atoms with Crippen molar-refractivity contribution in [2.45, 2.75) is 72.3 Å². The van der Waals surface area contributed by atoms with E-state index in [0.29, 0.717) is 18.5 Å². The summed E-state index contributed by atoms with van der Waals surface area (Å²) in [7, 11) is 0. The fourth-order valence-electron chi connectivity index (χ4n) is 5.21. The van der Waals surface area contributed by atoms with E-state index in [0.717, 1.165) is 49.9 Å². The molecule has 1 unspecified atom stereocenters. The summed E-state index contributed by atoms with van der Waals surface area (Å²) in [6.07, 6.45) is 5.41. The molecule has 0 bridgehead atoms. The second kappa shape index (κ2) is 9.51. The summed E-state index contributed by atoms with van der Waals surface area (Å²) in [5, 5.41) is 3.20. The summed E-state index contributed by atoms with van der Waals surface area (Å²) in [4.78, 5) is 30.8. The summed E-state index contributed by atoms with van der Waals surface area (Å²) in [5.41, 5.74) is 1.17. The van der Waals surface area contributed by atoms with Crippen LogP contribution in [0.15, 0.2) is 24.3 Å². The van der Waals surface area contributed by atoms with E-state index in [4.69, 9.17) is 0 Å². The molecular formula is C25H39N3O2. The van der Waals surface area contributed by atoms with Gasteiger partial charge in [-0.3, -0.25) is 9.69 Å². The molecule has 0 radical (unpaired) electrons. The van der Waals surface area contributed by atoms with E-state index in [2.05, 4.69) is 37.9 Å². The maximum atomic E-state index is 13.9. The van der Waals surface area contributed by atoms with Gasteiger partial charge in [-0.1, -0.05) is 76.8 Å².